The predicted octanol–water partition coefficient (Wildman–Crippen LogP) is 5.14. The summed E-state index contributed by atoms with van der Waals surface area (Å²) < 4.78 is 0.913. The average Bonchev–Trinajstić information content (AvgIpc) is 2.77. The van der Waals surface area contributed by atoms with Gasteiger partial charge in [-0.25, -0.2) is 0 Å². The first kappa shape index (κ1) is 12.4. The van der Waals surface area contributed by atoms with Gasteiger partial charge in [0.1, 0.15) is 6.07 Å². The molecule has 2 rings (SSSR count). The summed E-state index contributed by atoms with van der Waals surface area (Å²) in [5.41, 5.74) is 1.33. The van der Waals surface area contributed by atoms with Crippen molar-refractivity contribution in [2.24, 2.45) is 0 Å². The minimum atomic E-state index is 0.487. The molecule has 0 N–H and O–H groups in total. The van der Waals surface area contributed by atoms with Crippen molar-refractivity contribution in [2.75, 3.05) is 0 Å². The predicted molar refractivity (Wildman–Crippen MR) is 76.7 cm³/mol. The van der Waals surface area contributed by atoms with E-state index in [-0.39, 0.29) is 0 Å². The fraction of sp³-hybridized carbons (Fsp3) is 0. The van der Waals surface area contributed by atoms with Gasteiger partial charge in [0, 0.05) is 4.47 Å². The molecule has 0 saturated carbocycles. The zero-order valence-electron chi connectivity index (χ0n) is 8.65. The number of hydrogen-bond acceptors (Lipinski definition) is 2. The SMILES string of the molecule is N#CC(=C(Cl)c1sccc1Br)c1ccccc1. The van der Waals surface area contributed by atoms with E-state index < -0.39 is 0 Å². The van der Waals surface area contributed by atoms with Crippen LogP contribution in [0, 0.1) is 11.3 Å². The monoisotopic (exact) mass is 323 g/mol. The van der Waals surface area contributed by atoms with Crippen LogP contribution in [0.5, 0.6) is 0 Å². The van der Waals surface area contributed by atoms with Crippen LogP contribution in [-0.4, -0.2) is 0 Å². The number of allylic oxidation sites excluding steroid dienone is 1. The van der Waals surface area contributed by atoms with Crippen molar-refractivity contribution in [3.8, 4) is 6.07 Å². The second-order valence-electron chi connectivity index (χ2n) is 3.26. The van der Waals surface area contributed by atoms with Crippen LogP contribution in [0.15, 0.2) is 46.3 Å². The van der Waals surface area contributed by atoms with Gasteiger partial charge in [0.05, 0.1) is 15.5 Å². The number of benzene rings is 1. The molecule has 0 aliphatic carbocycles. The summed E-state index contributed by atoms with van der Waals surface area (Å²) in [6, 6.07) is 13.5. The highest BCUT2D eigenvalue weighted by atomic mass is 79.9. The number of hydrogen-bond donors (Lipinski definition) is 0. The normalized spacial score (nSPS) is 11.8. The molecule has 0 unspecified atom stereocenters. The van der Waals surface area contributed by atoms with E-state index in [4.69, 9.17) is 11.6 Å². The van der Waals surface area contributed by atoms with Crippen molar-refractivity contribution in [3.63, 3.8) is 0 Å². The highest BCUT2D eigenvalue weighted by molar-refractivity contribution is 9.10. The highest BCUT2D eigenvalue weighted by Gasteiger charge is 2.12. The van der Waals surface area contributed by atoms with Crippen LogP contribution in [0.2, 0.25) is 0 Å². The number of halogens is 2. The Morgan fingerprint density at radius 2 is 1.94 bits per heavy atom. The molecule has 0 aliphatic heterocycles. The van der Waals surface area contributed by atoms with Crippen LogP contribution >= 0.6 is 38.9 Å². The lowest BCUT2D eigenvalue weighted by Crippen LogP contribution is -1.84. The van der Waals surface area contributed by atoms with Gasteiger partial charge in [0.15, 0.2) is 0 Å². The van der Waals surface area contributed by atoms with Crippen LogP contribution in [0.3, 0.4) is 0 Å². The number of rotatable bonds is 2. The number of nitriles is 1. The van der Waals surface area contributed by atoms with Crippen molar-refractivity contribution in [1.29, 1.82) is 5.26 Å². The van der Waals surface area contributed by atoms with E-state index in [1.54, 1.807) is 0 Å². The molecule has 0 radical (unpaired) electrons. The molecule has 84 valence electrons. The fourth-order valence-corrected chi connectivity index (χ4v) is 3.42. The molecule has 0 fully saturated rings. The molecule has 2 aromatic rings. The van der Waals surface area contributed by atoms with Gasteiger partial charge in [0.25, 0.3) is 0 Å². The molecule has 0 bridgehead atoms. The number of nitrogens with zero attached hydrogens (tertiary/aromatic N) is 1. The number of thiophene rings is 1. The van der Waals surface area contributed by atoms with Crippen molar-refractivity contribution in [3.05, 3.63) is 56.7 Å². The second-order valence-corrected chi connectivity index (χ2v) is 5.41. The van der Waals surface area contributed by atoms with Crippen LogP contribution < -0.4 is 0 Å². The molecule has 1 nitrogen and oxygen atoms in total. The van der Waals surface area contributed by atoms with E-state index in [2.05, 4.69) is 22.0 Å². The Bertz CT molecular complexity index is 595. The third-order valence-corrected chi connectivity index (χ3v) is 4.56. The van der Waals surface area contributed by atoms with Gasteiger partial charge in [-0.1, -0.05) is 41.9 Å². The molecule has 1 heterocycles. The van der Waals surface area contributed by atoms with E-state index in [1.807, 2.05) is 41.8 Å². The van der Waals surface area contributed by atoms with Crippen molar-refractivity contribution >= 4 is 49.5 Å². The zero-order valence-corrected chi connectivity index (χ0v) is 11.8. The fourth-order valence-electron chi connectivity index (χ4n) is 1.41. The van der Waals surface area contributed by atoms with Gasteiger partial charge in [-0.05, 0) is 32.9 Å². The molecular formula is C13H7BrClNS. The van der Waals surface area contributed by atoms with E-state index in [9.17, 15) is 5.26 Å². The smallest absolute Gasteiger partial charge is 0.101 e. The van der Waals surface area contributed by atoms with Crippen LogP contribution in [0.25, 0.3) is 10.6 Å². The molecule has 0 aliphatic rings. The van der Waals surface area contributed by atoms with Crippen molar-refractivity contribution in [1.82, 2.24) is 0 Å². The van der Waals surface area contributed by atoms with Gasteiger partial charge in [-0.15, -0.1) is 11.3 Å². The summed E-state index contributed by atoms with van der Waals surface area (Å²) in [6.45, 7) is 0. The van der Waals surface area contributed by atoms with E-state index in [0.29, 0.717) is 10.6 Å². The lowest BCUT2D eigenvalue weighted by molar-refractivity contribution is 1.52. The molecule has 1 aromatic heterocycles. The first-order chi connectivity index (χ1) is 8.24. The molecule has 4 heteroatoms. The third kappa shape index (κ3) is 2.61. The maximum absolute atomic E-state index is 9.24. The maximum atomic E-state index is 9.24. The summed E-state index contributed by atoms with van der Waals surface area (Å²) in [7, 11) is 0. The highest BCUT2D eigenvalue weighted by Crippen LogP contribution is 2.36. The lowest BCUT2D eigenvalue weighted by Gasteiger charge is -2.02. The maximum Gasteiger partial charge on any atom is 0.101 e. The van der Waals surface area contributed by atoms with E-state index in [1.165, 1.54) is 11.3 Å². The molecule has 17 heavy (non-hydrogen) atoms. The summed E-state index contributed by atoms with van der Waals surface area (Å²) in [5, 5.41) is 11.7. The van der Waals surface area contributed by atoms with Crippen LogP contribution in [0.1, 0.15) is 10.4 Å². The minimum absolute atomic E-state index is 0.487. The van der Waals surface area contributed by atoms with E-state index in [0.717, 1.165) is 14.9 Å². The second kappa shape index (κ2) is 5.50. The van der Waals surface area contributed by atoms with Crippen LogP contribution in [0.4, 0.5) is 0 Å². The van der Waals surface area contributed by atoms with Gasteiger partial charge < -0.3 is 0 Å². The summed E-state index contributed by atoms with van der Waals surface area (Å²) in [4.78, 5) is 0.882. The standard InChI is InChI=1S/C13H7BrClNS/c14-11-6-7-17-13(11)12(15)10(8-16)9-4-2-1-3-5-9/h1-7H. The Morgan fingerprint density at radius 3 is 2.47 bits per heavy atom. The Kier molecular flexibility index (Phi) is 4.01. The topological polar surface area (TPSA) is 23.8 Å². The molecular weight excluding hydrogens is 318 g/mol. The van der Waals surface area contributed by atoms with Crippen molar-refractivity contribution in [2.45, 2.75) is 0 Å². The zero-order chi connectivity index (χ0) is 12.3. The molecule has 0 spiro atoms. The lowest BCUT2D eigenvalue weighted by atomic mass is 10.1. The Hall–Kier alpha value is -1.08. The molecule has 0 atom stereocenters. The van der Waals surface area contributed by atoms with Gasteiger partial charge >= 0.3 is 0 Å². The Labute approximate surface area is 117 Å². The summed E-state index contributed by atoms with van der Waals surface area (Å²) >= 11 is 11.2. The van der Waals surface area contributed by atoms with Crippen molar-refractivity contribution < 1.29 is 0 Å². The van der Waals surface area contributed by atoms with Crippen LogP contribution in [-0.2, 0) is 0 Å². The largest absolute Gasteiger partial charge is 0.192 e. The molecule has 0 amide bonds. The van der Waals surface area contributed by atoms with Gasteiger partial charge in [0.2, 0.25) is 0 Å². The first-order valence-corrected chi connectivity index (χ1v) is 6.87. The van der Waals surface area contributed by atoms with E-state index >= 15 is 0 Å². The Balaban J connectivity index is 2.57. The average molecular weight is 325 g/mol. The quantitative estimate of drug-likeness (QED) is 0.702. The third-order valence-electron chi connectivity index (χ3n) is 2.21. The summed E-state index contributed by atoms with van der Waals surface area (Å²) in [6.07, 6.45) is 0. The minimum Gasteiger partial charge on any atom is -0.192 e. The molecule has 0 saturated heterocycles. The van der Waals surface area contributed by atoms with Gasteiger partial charge in [-0.2, -0.15) is 5.26 Å². The van der Waals surface area contributed by atoms with Gasteiger partial charge in [-0.3, -0.25) is 0 Å². The summed E-state index contributed by atoms with van der Waals surface area (Å²) in [5.74, 6) is 0. The molecule has 1 aromatic carbocycles. The Morgan fingerprint density at radius 1 is 1.24 bits per heavy atom. The first-order valence-electron chi connectivity index (χ1n) is 4.82.